The standard InChI is InChI=1S/C37H52O4/c1-22-15-18-37(32(39)40-21-24-11-9-8-10-12-24)20-19-34(5)25(28(37)23(22)2)13-14-27-35(34,6)17-16-26-33(3,4)30(38)29-31(41-29)36(26,27)7/h8-13,22-23,26-31,38H,14-21H2,1-7H3/t22-,23+,26+,27+,28+,29+,30+,31+,34-,35-,36+,37+/m1/s1. The van der Waals surface area contributed by atoms with Crippen molar-refractivity contribution in [3.63, 3.8) is 0 Å². The molecule has 1 saturated heterocycles. The molecule has 12 atom stereocenters. The summed E-state index contributed by atoms with van der Waals surface area (Å²) in [6.45, 7) is 17.4. The molecule has 5 aliphatic carbocycles. The third-order valence-electron chi connectivity index (χ3n) is 14.9. The molecule has 0 amide bonds. The maximum atomic E-state index is 14.2. The Bertz CT molecular complexity index is 1250. The Kier molecular flexibility index (Phi) is 6.14. The fourth-order valence-corrected chi connectivity index (χ4v) is 12.1. The number of carbonyl (C=O) groups is 1. The topological polar surface area (TPSA) is 59.1 Å². The molecule has 4 nitrogen and oxygen atoms in total. The van der Waals surface area contributed by atoms with Gasteiger partial charge in [0.2, 0.25) is 0 Å². The Morgan fingerprint density at radius 3 is 2.44 bits per heavy atom. The molecule has 1 aliphatic heterocycles. The largest absolute Gasteiger partial charge is 0.460 e. The van der Waals surface area contributed by atoms with E-state index >= 15 is 0 Å². The van der Waals surface area contributed by atoms with Crippen LogP contribution in [-0.4, -0.2) is 29.4 Å². The van der Waals surface area contributed by atoms with Crippen molar-refractivity contribution in [2.45, 2.75) is 118 Å². The van der Waals surface area contributed by atoms with E-state index in [1.807, 2.05) is 30.3 Å². The average molecular weight is 561 g/mol. The summed E-state index contributed by atoms with van der Waals surface area (Å²) in [4.78, 5) is 14.2. The molecule has 0 aromatic heterocycles. The highest BCUT2D eigenvalue weighted by atomic mass is 16.6. The van der Waals surface area contributed by atoms with Gasteiger partial charge in [0, 0.05) is 5.41 Å². The van der Waals surface area contributed by atoms with Crippen molar-refractivity contribution in [2.75, 3.05) is 0 Å². The van der Waals surface area contributed by atoms with Crippen LogP contribution in [0.2, 0.25) is 0 Å². The van der Waals surface area contributed by atoms with Crippen molar-refractivity contribution in [3.8, 4) is 0 Å². The smallest absolute Gasteiger partial charge is 0.313 e. The van der Waals surface area contributed by atoms with Crippen LogP contribution in [0.3, 0.4) is 0 Å². The third kappa shape index (κ3) is 3.50. The first-order chi connectivity index (χ1) is 19.3. The molecule has 0 spiro atoms. The second-order valence-electron chi connectivity index (χ2n) is 16.5. The van der Waals surface area contributed by atoms with Gasteiger partial charge < -0.3 is 14.6 Å². The van der Waals surface area contributed by atoms with Crippen molar-refractivity contribution >= 4 is 5.97 Å². The van der Waals surface area contributed by atoms with Crippen LogP contribution in [0.1, 0.15) is 99.0 Å². The fourth-order valence-electron chi connectivity index (χ4n) is 12.1. The van der Waals surface area contributed by atoms with Crippen molar-refractivity contribution in [3.05, 3.63) is 47.5 Å². The second-order valence-corrected chi connectivity index (χ2v) is 16.5. The lowest BCUT2D eigenvalue weighted by molar-refractivity contribution is -0.200. The number of aliphatic hydroxyl groups excluding tert-OH is 1. The number of hydrogen-bond acceptors (Lipinski definition) is 4. The highest BCUT2D eigenvalue weighted by molar-refractivity contribution is 5.79. The number of aliphatic hydroxyl groups is 1. The Labute approximate surface area is 247 Å². The number of epoxide rings is 1. The van der Waals surface area contributed by atoms with Crippen LogP contribution in [0, 0.1) is 56.7 Å². The van der Waals surface area contributed by atoms with Crippen molar-refractivity contribution in [1.82, 2.24) is 0 Å². The number of carbonyl (C=O) groups excluding carboxylic acids is 1. The lowest BCUT2D eigenvalue weighted by Crippen LogP contribution is -2.67. The fraction of sp³-hybridized carbons (Fsp3) is 0.757. The van der Waals surface area contributed by atoms with E-state index in [0.29, 0.717) is 30.3 Å². The summed E-state index contributed by atoms with van der Waals surface area (Å²) in [6.07, 6.45) is 9.79. The quantitative estimate of drug-likeness (QED) is 0.233. The zero-order valence-electron chi connectivity index (χ0n) is 26.4. The monoisotopic (exact) mass is 560 g/mol. The zero-order chi connectivity index (χ0) is 29.2. The van der Waals surface area contributed by atoms with E-state index in [-0.39, 0.29) is 51.9 Å². The van der Waals surface area contributed by atoms with Gasteiger partial charge >= 0.3 is 5.97 Å². The van der Waals surface area contributed by atoms with Crippen LogP contribution in [0.15, 0.2) is 42.0 Å². The van der Waals surface area contributed by atoms with Crippen molar-refractivity contribution in [2.24, 2.45) is 56.7 Å². The maximum Gasteiger partial charge on any atom is 0.313 e. The Hall–Kier alpha value is -1.65. The molecule has 0 unspecified atom stereocenters. The first-order valence-corrected chi connectivity index (χ1v) is 16.6. The van der Waals surface area contributed by atoms with E-state index in [1.54, 1.807) is 5.57 Å². The van der Waals surface area contributed by atoms with E-state index in [1.165, 1.54) is 6.42 Å². The predicted octanol–water partition coefficient (Wildman–Crippen LogP) is 7.74. The SMILES string of the molecule is C[C@H]1[C@H](C)CC[C@]2(C(=O)OCc3ccccc3)CC[C@]3(C)C(=CC[C@@H]4[C@@]5(C)[C@H]6O[C@H]6[C@H](O)C(C)(C)[C@@H]5CC[C@]43C)[C@H]12. The molecule has 4 heteroatoms. The number of hydrogen-bond donors (Lipinski definition) is 1. The van der Waals surface area contributed by atoms with Gasteiger partial charge in [-0.3, -0.25) is 4.79 Å². The number of allylic oxidation sites excluding steroid dienone is 2. The lowest BCUT2D eigenvalue weighted by atomic mass is 9.33. The number of benzene rings is 1. The van der Waals surface area contributed by atoms with Crippen LogP contribution in [-0.2, 0) is 20.9 Å². The molecule has 41 heavy (non-hydrogen) atoms. The van der Waals surface area contributed by atoms with Gasteiger partial charge in [0.25, 0.3) is 0 Å². The maximum absolute atomic E-state index is 14.2. The van der Waals surface area contributed by atoms with Gasteiger partial charge in [-0.15, -0.1) is 0 Å². The van der Waals surface area contributed by atoms with Gasteiger partial charge in [-0.2, -0.15) is 0 Å². The molecular weight excluding hydrogens is 508 g/mol. The highest BCUT2D eigenvalue weighted by Gasteiger charge is 2.76. The summed E-state index contributed by atoms with van der Waals surface area (Å²) in [6, 6.07) is 10.1. The van der Waals surface area contributed by atoms with E-state index in [0.717, 1.165) is 44.1 Å². The Morgan fingerprint density at radius 2 is 1.71 bits per heavy atom. The summed E-state index contributed by atoms with van der Waals surface area (Å²) in [5.74, 6) is 2.29. The normalized spacial score (nSPS) is 51.1. The first-order valence-electron chi connectivity index (χ1n) is 16.6. The van der Waals surface area contributed by atoms with Gasteiger partial charge in [-0.05, 0) is 96.3 Å². The molecule has 1 N–H and O–H groups in total. The molecule has 4 saturated carbocycles. The first kappa shape index (κ1) is 28.1. The Balaban J connectivity index is 1.26. The van der Waals surface area contributed by atoms with Gasteiger partial charge in [0.15, 0.2) is 0 Å². The van der Waals surface area contributed by atoms with Crippen LogP contribution in [0.5, 0.6) is 0 Å². The van der Waals surface area contributed by atoms with E-state index in [9.17, 15) is 9.90 Å². The van der Waals surface area contributed by atoms with Gasteiger partial charge in [0.1, 0.15) is 12.7 Å². The minimum absolute atomic E-state index is 0.00982. The van der Waals surface area contributed by atoms with Crippen LogP contribution < -0.4 is 0 Å². The number of rotatable bonds is 3. The Morgan fingerprint density at radius 1 is 0.976 bits per heavy atom. The average Bonchev–Trinajstić information content (AvgIpc) is 3.76. The van der Waals surface area contributed by atoms with Gasteiger partial charge in [-0.1, -0.05) is 90.4 Å². The molecule has 224 valence electrons. The zero-order valence-corrected chi connectivity index (χ0v) is 26.4. The van der Waals surface area contributed by atoms with E-state index < -0.39 is 5.41 Å². The second kappa shape index (κ2) is 8.94. The lowest BCUT2D eigenvalue weighted by Gasteiger charge is -2.70. The van der Waals surface area contributed by atoms with Crippen LogP contribution >= 0.6 is 0 Å². The van der Waals surface area contributed by atoms with E-state index in [4.69, 9.17) is 9.47 Å². The van der Waals surface area contributed by atoms with Crippen molar-refractivity contribution < 1.29 is 19.4 Å². The third-order valence-corrected chi connectivity index (χ3v) is 14.9. The van der Waals surface area contributed by atoms with Gasteiger partial charge in [0.05, 0.1) is 17.6 Å². The molecule has 0 bridgehead atoms. The minimum Gasteiger partial charge on any atom is -0.460 e. The molecule has 1 aromatic rings. The van der Waals surface area contributed by atoms with E-state index in [2.05, 4.69) is 54.5 Å². The molecule has 1 aromatic carbocycles. The van der Waals surface area contributed by atoms with Crippen molar-refractivity contribution in [1.29, 1.82) is 0 Å². The highest BCUT2D eigenvalue weighted by Crippen LogP contribution is 2.77. The summed E-state index contributed by atoms with van der Waals surface area (Å²) in [5, 5.41) is 11.2. The molecule has 5 fully saturated rings. The summed E-state index contributed by atoms with van der Waals surface area (Å²) in [7, 11) is 0. The molecule has 0 radical (unpaired) electrons. The molecule has 6 aliphatic rings. The summed E-state index contributed by atoms with van der Waals surface area (Å²) >= 11 is 0. The van der Waals surface area contributed by atoms with Crippen LogP contribution in [0.25, 0.3) is 0 Å². The van der Waals surface area contributed by atoms with Crippen LogP contribution in [0.4, 0.5) is 0 Å². The predicted molar refractivity (Wildman–Crippen MR) is 161 cm³/mol. The minimum atomic E-state index is -0.419. The number of esters is 1. The molecular formula is C37H52O4. The summed E-state index contributed by atoms with van der Waals surface area (Å²) < 4.78 is 12.5. The van der Waals surface area contributed by atoms with Gasteiger partial charge in [-0.25, -0.2) is 0 Å². The molecule has 1 heterocycles. The number of fused-ring (bicyclic) bond motifs is 9. The number of ether oxygens (including phenoxy) is 2. The molecule has 7 rings (SSSR count). The summed E-state index contributed by atoms with van der Waals surface area (Å²) in [5.41, 5.74) is 2.31.